The molecule has 0 unspecified atom stereocenters. The van der Waals surface area contributed by atoms with Crippen molar-refractivity contribution in [3.05, 3.63) is 0 Å². The van der Waals surface area contributed by atoms with Gasteiger partial charge in [-0.3, -0.25) is 0 Å². The zero-order valence-corrected chi connectivity index (χ0v) is 7.87. The molecule has 1 rings (SSSR count). The second-order valence-electron chi connectivity index (χ2n) is 3.90. The maximum Gasteiger partial charge on any atom is 0.0894 e. The van der Waals surface area contributed by atoms with E-state index in [0.717, 1.165) is 25.7 Å². The lowest BCUT2D eigenvalue weighted by Gasteiger charge is -2.23. The molecule has 0 aromatic carbocycles. The van der Waals surface area contributed by atoms with Crippen molar-refractivity contribution in [3.63, 3.8) is 0 Å². The van der Waals surface area contributed by atoms with Gasteiger partial charge >= 0.3 is 0 Å². The van der Waals surface area contributed by atoms with Crippen LogP contribution in [0.25, 0.3) is 0 Å². The molecule has 4 N–H and O–H groups in total. The smallest absolute Gasteiger partial charge is 0.0894 e. The Hall–Kier alpha value is -0.160. The second kappa shape index (κ2) is 4.91. The van der Waals surface area contributed by atoms with Gasteiger partial charge in [0, 0.05) is 13.1 Å². The van der Waals surface area contributed by atoms with Crippen LogP contribution in [0.15, 0.2) is 0 Å². The summed E-state index contributed by atoms with van der Waals surface area (Å²) in [5, 5.41) is 30.4. The summed E-state index contributed by atoms with van der Waals surface area (Å²) in [6.07, 6.45) is 3.14. The molecule has 0 bridgehead atoms. The van der Waals surface area contributed by atoms with E-state index >= 15 is 0 Å². The highest BCUT2D eigenvalue weighted by Gasteiger charge is 2.30. The summed E-state index contributed by atoms with van der Waals surface area (Å²) >= 11 is 0. The first-order valence-corrected chi connectivity index (χ1v) is 4.88. The van der Waals surface area contributed by atoms with Gasteiger partial charge < -0.3 is 20.6 Å². The first-order chi connectivity index (χ1) is 6.16. The number of aliphatic hydroxyl groups is 3. The molecule has 0 spiro atoms. The van der Waals surface area contributed by atoms with Crippen LogP contribution in [0.2, 0.25) is 0 Å². The van der Waals surface area contributed by atoms with E-state index in [0.29, 0.717) is 13.1 Å². The minimum Gasteiger partial charge on any atom is -0.394 e. The monoisotopic (exact) mass is 189 g/mol. The largest absolute Gasteiger partial charge is 0.394 e. The average Bonchev–Trinajstić information content (AvgIpc) is 2.52. The minimum atomic E-state index is -0.718. The SMILES string of the molecule is OC[C@@H](O)CNCC1(O)CCCC1. The molecule has 0 saturated heterocycles. The molecule has 0 amide bonds. The van der Waals surface area contributed by atoms with E-state index in [4.69, 9.17) is 10.2 Å². The summed E-state index contributed by atoms with van der Waals surface area (Å²) in [6.45, 7) is 0.633. The lowest BCUT2D eigenvalue weighted by atomic mass is 10.0. The highest BCUT2D eigenvalue weighted by atomic mass is 16.3. The van der Waals surface area contributed by atoms with E-state index < -0.39 is 11.7 Å². The highest BCUT2D eigenvalue weighted by molar-refractivity contribution is 4.86. The Morgan fingerprint density at radius 1 is 1.31 bits per heavy atom. The van der Waals surface area contributed by atoms with Crippen LogP contribution in [0.5, 0.6) is 0 Å². The molecule has 0 aromatic rings. The molecule has 1 aliphatic carbocycles. The van der Waals surface area contributed by atoms with Crippen LogP contribution in [-0.2, 0) is 0 Å². The Balaban J connectivity index is 2.11. The zero-order chi connectivity index (χ0) is 9.73. The fourth-order valence-electron chi connectivity index (χ4n) is 1.75. The average molecular weight is 189 g/mol. The van der Waals surface area contributed by atoms with Crippen molar-refractivity contribution < 1.29 is 15.3 Å². The van der Waals surface area contributed by atoms with Crippen molar-refractivity contribution >= 4 is 0 Å². The minimum absolute atomic E-state index is 0.231. The van der Waals surface area contributed by atoms with Crippen molar-refractivity contribution in [3.8, 4) is 0 Å². The van der Waals surface area contributed by atoms with E-state index in [9.17, 15) is 5.11 Å². The molecule has 0 aliphatic heterocycles. The number of nitrogens with one attached hydrogen (secondary N) is 1. The molecule has 0 heterocycles. The van der Waals surface area contributed by atoms with Gasteiger partial charge in [0.1, 0.15) is 0 Å². The Morgan fingerprint density at radius 3 is 2.46 bits per heavy atom. The van der Waals surface area contributed by atoms with Crippen LogP contribution in [0, 0.1) is 0 Å². The molecule has 4 nitrogen and oxygen atoms in total. The standard InChI is InChI=1S/C9H19NO3/c11-6-8(12)5-10-7-9(13)3-1-2-4-9/h8,10-13H,1-7H2/t8-/m0/s1. The van der Waals surface area contributed by atoms with Crippen molar-refractivity contribution in [1.82, 2.24) is 5.32 Å². The van der Waals surface area contributed by atoms with Gasteiger partial charge in [-0.15, -0.1) is 0 Å². The van der Waals surface area contributed by atoms with Gasteiger partial charge in [0.05, 0.1) is 18.3 Å². The molecule has 13 heavy (non-hydrogen) atoms. The number of aliphatic hydroxyl groups excluding tert-OH is 2. The molecule has 0 radical (unpaired) electrons. The van der Waals surface area contributed by atoms with Crippen molar-refractivity contribution in [2.24, 2.45) is 0 Å². The van der Waals surface area contributed by atoms with E-state index in [1.807, 2.05) is 0 Å². The molecular weight excluding hydrogens is 170 g/mol. The van der Waals surface area contributed by atoms with Crippen LogP contribution in [0.1, 0.15) is 25.7 Å². The number of hydrogen-bond donors (Lipinski definition) is 4. The molecular formula is C9H19NO3. The normalized spacial score (nSPS) is 23.3. The van der Waals surface area contributed by atoms with Crippen molar-refractivity contribution in [2.45, 2.75) is 37.4 Å². The summed E-state index contributed by atoms with van der Waals surface area (Å²) in [6, 6.07) is 0. The maximum atomic E-state index is 9.87. The summed E-state index contributed by atoms with van der Waals surface area (Å²) < 4.78 is 0. The topological polar surface area (TPSA) is 72.7 Å². The first kappa shape index (κ1) is 10.9. The molecule has 1 atom stereocenters. The summed E-state index contributed by atoms with van der Waals surface area (Å²) in [4.78, 5) is 0. The van der Waals surface area contributed by atoms with Gasteiger partial charge in [-0.2, -0.15) is 0 Å². The summed E-state index contributed by atoms with van der Waals surface area (Å²) in [5.41, 5.74) is -0.574. The lowest BCUT2D eigenvalue weighted by Crippen LogP contribution is -2.41. The molecule has 1 saturated carbocycles. The van der Waals surface area contributed by atoms with Crippen LogP contribution in [0.3, 0.4) is 0 Å². The van der Waals surface area contributed by atoms with Crippen molar-refractivity contribution in [2.75, 3.05) is 19.7 Å². The quantitative estimate of drug-likeness (QED) is 0.458. The Labute approximate surface area is 78.6 Å². The number of rotatable bonds is 5. The molecule has 1 aliphatic rings. The maximum absolute atomic E-state index is 9.87. The predicted molar refractivity (Wildman–Crippen MR) is 49.4 cm³/mol. The fourth-order valence-corrected chi connectivity index (χ4v) is 1.75. The summed E-state index contributed by atoms with van der Waals surface area (Å²) in [5.74, 6) is 0. The van der Waals surface area contributed by atoms with Crippen LogP contribution >= 0.6 is 0 Å². The van der Waals surface area contributed by atoms with E-state index in [2.05, 4.69) is 5.32 Å². The fraction of sp³-hybridized carbons (Fsp3) is 1.00. The van der Waals surface area contributed by atoms with Gasteiger partial charge in [-0.25, -0.2) is 0 Å². The van der Waals surface area contributed by atoms with E-state index in [-0.39, 0.29) is 6.61 Å². The van der Waals surface area contributed by atoms with Gasteiger partial charge in [0.2, 0.25) is 0 Å². The third-order valence-electron chi connectivity index (χ3n) is 2.58. The Kier molecular flexibility index (Phi) is 4.12. The van der Waals surface area contributed by atoms with Crippen LogP contribution in [0.4, 0.5) is 0 Å². The van der Waals surface area contributed by atoms with E-state index in [1.165, 1.54) is 0 Å². The zero-order valence-electron chi connectivity index (χ0n) is 7.87. The lowest BCUT2D eigenvalue weighted by molar-refractivity contribution is 0.0392. The first-order valence-electron chi connectivity index (χ1n) is 4.88. The van der Waals surface area contributed by atoms with Gasteiger partial charge in [-0.05, 0) is 12.8 Å². The number of hydrogen-bond acceptors (Lipinski definition) is 4. The predicted octanol–water partition coefficient (Wildman–Crippen LogP) is -0.766. The second-order valence-corrected chi connectivity index (χ2v) is 3.90. The molecule has 0 aromatic heterocycles. The third kappa shape index (κ3) is 3.60. The summed E-state index contributed by atoms with van der Waals surface area (Å²) in [7, 11) is 0. The Morgan fingerprint density at radius 2 is 1.92 bits per heavy atom. The van der Waals surface area contributed by atoms with Gasteiger partial charge in [0.25, 0.3) is 0 Å². The van der Waals surface area contributed by atoms with Crippen LogP contribution in [-0.4, -0.2) is 46.7 Å². The highest BCUT2D eigenvalue weighted by Crippen LogP contribution is 2.28. The molecule has 1 fully saturated rings. The molecule has 78 valence electrons. The van der Waals surface area contributed by atoms with E-state index in [1.54, 1.807) is 0 Å². The van der Waals surface area contributed by atoms with Gasteiger partial charge in [0.15, 0.2) is 0 Å². The molecule has 4 heteroatoms. The van der Waals surface area contributed by atoms with Crippen LogP contribution < -0.4 is 5.32 Å². The Bertz CT molecular complexity index is 146. The van der Waals surface area contributed by atoms with Crippen molar-refractivity contribution in [1.29, 1.82) is 0 Å². The third-order valence-corrected chi connectivity index (χ3v) is 2.58. The van der Waals surface area contributed by atoms with Gasteiger partial charge in [-0.1, -0.05) is 12.8 Å².